The Balaban J connectivity index is 0.974. The van der Waals surface area contributed by atoms with Gasteiger partial charge in [0.1, 0.15) is 30.0 Å². The third-order valence-corrected chi connectivity index (χ3v) is 12.0. The number of hydrogen-bond acceptors (Lipinski definition) is 4. The minimum absolute atomic E-state index is 0.0431. The zero-order valence-electron chi connectivity index (χ0n) is 28.8. The second-order valence-corrected chi connectivity index (χ2v) is 15.0. The number of amidine groups is 1. The summed E-state index contributed by atoms with van der Waals surface area (Å²) in [5.41, 5.74) is 14.2. The molecule has 0 radical (unpaired) electrons. The maximum Gasteiger partial charge on any atom is 0.129 e. The van der Waals surface area contributed by atoms with Gasteiger partial charge in [0.2, 0.25) is 0 Å². The molecule has 2 aromatic rings. The topological polar surface area (TPSA) is 50.6 Å². The second-order valence-electron chi connectivity index (χ2n) is 15.0. The molecule has 8 aliphatic rings. The molecule has 252 valence electrons. The maximum atomic E-state index is 6.23. The van der Waals surface area contributed by atoms with Crippen molar-refractivity contribution in [3.05, 3.63) is 141 Å². The number of nitrogens with zero attached hydrogens (tertiary/aromatic N) is 2. The molecule has 0 saturated carbocycles. The first-order valence-electron chi connectivity index (χ1n) is 19.1. The molecular weight excluding hydrogens is 613 g/mol. The van der Waals surface area contributed by atoms with Gasteiger partial charge in [0.25, 0.3) is 0 Å². The molecule has 6 aliphatic carbocycles. The molecule has 0 bridgehead atoms. The molecule has 1 aromatic carbocycles. The zero-order chi connectivity index (χ0) is 33.0. The van der Waals surface area contributed by atoms with Gasteiger partial charge >= 0.3 is 0 Å². The van der Waals surface area contributed by atoms with Crippen molar-refractivity contribution in [2.24, 2.45) is 10.9 Å². The molecule has 0 saturated heterocycles. The summed E-state index contributed by atoms with van der Waals surface area (Å²) in [6, 6.07) is 8.48. The third-order valence-electron chi connectivity index (χ3n) is 12.0. The number of hydrogen-bond donors (Lipinski definition) is 2. The fourth-order valence-corrected chi connectivity index (χ4v) is 9.47. The lowest BCUT2D eigenvalue weighted by Crippen LogP contribution is -2.57. The van der Waals surface area contributed by atoms with E-state index in [1.54, 1.807) is 5.56 Å². The van der Waals surface area contributed by atoms with E-state index in [2.05, 4.69) is 118 Å². The number of nitrogens with one attached hydrogen (secondary N) is 2. The number of fused-ring (bicyclic) bond motifs is 6. The number of para-hydroxylation sites is 1. The number of rotatable bonds is 5. The molecule has 3 heterocycles. The Labute approximate surface area is 296 Å². The summed E-state index contributed by atoms with van der Waals surface area (Å²) in [5, 5.41) is 8.02. The molecule has 5 heteroatoms. The van der Waals surface area contributed by atoms with E-state index in [0.717, 1.165) is 69.4 Å². The van der Waals surface area contributed by atoms with Crippen molar-refractivity contribution >= 4 is 23.7 Å². The van der Waals surface area contributed by atoms with Crippen LogP contribution in [-0.2, 0) is 12.8 Å². The molecule has 0 spiro atoms. The van der Waals surface area contributed by atoms with Crippen LogP contribution >= 0.6 is 0 Å². The number of aliphatic imine (C=N–C) groups is 1. The fourth-order valence-electron chi connectivity index (χ4n) is 9.47. The number of ether oxygens (including phenoxy) is 1. The van der Waals surface area contributed by atoms with Gasteiger partial charge in [-0.15, -0.1) is 0 Å². The summed E-state index contributed by atoms with van der Waals surface area (Å²) in [7, 11) is 0. The first-order chi connectivity index (χ1) is 24.8. The Bertz CT molecular complexity index is 2050. The van der Waals surface area contributed by atoms with Gasteiger partial charge in [-0.3, -0.25) is 5.32 Å². The van der Waals surface area contributed by atoms with E-state index in [1.807, 2.05) is 0 Å². The van der Waals surface area contributed by atoms with Crippen molar-refractivity contribution in [2.45, 2.75) is 95.0 Å². The van der Waals surface area contributed by atoms with Crippen LogP contribution in [0.3, 0.4) is 0 Å². The van der Waals surface area contributed by atoms with Crippen molar-refractivity contribution in [1.82, 2.24) is 15.2 Å². The Morgan fingerprint density at radius 1 is 0.800 bits per heavy atom. The first-order valence-corrected chi connectivity index (χ1v) is 19.1. The summed E-state index contributed by atoms with van der Waals surface area (Å²) < 4.78 is 8.92. The number of benzene rings is 1. The van der Waals surface area contributed by atoms with Gasteiger partial charge in [-0.25, -0.2) is 4.99 Å². The molecule has 10 rings (SSSR count). The highest BCUT2D eigenvalue weighted by Gasteiger charge is 2.36. The molecule has 0 fully saturated rings. The largest absolute Gasteiger partial charge is 0.485 e. The van der Waals surface area contributed by atoms with Crippen LogP contribution in [0, 0.1) is 5.92 Å². The van der Waals surface area contributed by atoms with E-state index < -0.39 is 0 Å². The fraction of sp³-hybridized carbons (Fsp3) is 0.356. The Kier molecular flexibility index (Phi) is 7.63. The Morgan fingerprint density at radius 3 is 2.60 bits per heavy atom. The van der Waals surface area contributed by atoms with Gasteiger partial charge in [0.05, 0.1) is 0 Å². The maximum absolute atomic E-state index is 6.23. The van der Waals surface area contributed by atoms with Crippen LogP contribution in [0.2, 0.25) is 0 Å². The lowest BCUT2D eigenvalue weighted by Gasteiger charge is -2.38. The summed E-state index contributed by atoms with van der Waals surface area (Å²) in [4.78, 5) is 5.41. The minimum atomic E-state index is -0.0547. The summed E-state index contributed by atoms with van der Waals surface area (Å²) in [6.07, 6.45) is 43.0. The summed E-state index contributed by atoms with van der Waals surface area (Å²) in [6.45, 7) is 0. The smallest absolute Gasteiger partial charge is 0.129 e. The Hall–Kier alpha value is -4.61. The van der Waals surface area contributed by atoms with E-state index in [4.69, 9.17) is 9.73 Å². The van der Waals surface area contributed by atoms with Crippen molar-refractivity contribution in [3.8, 4) is 5.75 Å². The first kappa shape index (κ1) is 30.2. The van der Waals surface area contributed by atoms with Gasteiger partial charge in [0, 0.05) is 34.5 Å². The van der Waals surface area contributed by atoms with E-state index in [-0.39, 0.29) is 30.3 Å². The summed E-state index contributed by atoms with van der Waals surface area (Å²) >= 11 is 0. The highest BCUT2D eigenvalue weighted by molar-refractivity contribution is 5.89. The molecule has 1 aromatic heterocycles. The van der Waals surface area contributed by atoms with Gasteiger partial charge in [-0.1, -0.05) is 85.0 Å². The average Bonchev–Trinajstić information content (AvgIpc) is 3.73. The predicted molar refractivity (Wildman–Crippen MR) is 205 cm³/mol. The highest BCUT2D eigenvalue weighted by atomic mass is 16.5. The van der Waals surface area contributed by atoms with Crippen LogP contribution in [0.15, 0.2) is 118 Å². The summed E-state index contributed by atoms with van der Waals surface area (Å²) in [5.74, 6) is 2.60. The number of aromatic nitrogens is 1. The Morgan fingerprint density at radius 2 is 1.68 bits per heavy atom. The molecule has 2 N–H and O–H groups in total. The van der Waals surface area contributed by atoms with Crippen LogP contribution in [0.4, 0.5) is 0 Å². The standard InChI is InChI=1S/C45H46N4O/c1-2-12-30(13-3-1)43-46-44(31-24-22-29(23-25-31)32-26-27-42-37(28-32)35-16-7-11-21-41(35)50-42)48-45(47-43)36-17-6-10-20-40(36)49-38-18-8-4-14-33(38)34-15-5-9-19-39(34)49/h2,4,7,9,11-14,16,19,21-24,26-28,31,37,42-43,45,47H,1,3,5-6,8,10,15,17-18,20,25H2,(H,46,48). The van der Waals surface area contributed by atoms with Crippen LogP contribution in [0.1, 0.15) is 91.8 Å². The quantitative estimate of drug-likeness (QED) is 0.337. The minimum Gasteiger partial charge on any atom is -0.485 e. The van der Waals surface area contributed by atoms with Crippen molar-refractivity contribution in [1.29, 1.82) is 0 Å². The van der Waals surface area contributed by atoms with Gasteiger partial charge in [-0.2, -0.15) is 0 Å². The van der Waals surface area contributed by atoms with Crippen LogP contribution in [0.5, 0.6) is 5.75 Å². The SMILES string of the molecule is C1=CC(C2N=C(C3C=CC(C4=CC5c6ccccc6OC5C=C4)=CC3)NC(C3=C(n4c5c(c6c4CCC=C6)CCC=C5)CCCC3)N2)=CCC1. The molecule has 2 aliphatic heterocycles. The van der Waals surface area contributed by atoms with Crippen molar-refractivity contribution in [2.75, 3.05) is 0 Å². The molecule has 5 nitrogen and oxygen atoms in total. The number of allylic oxidation sites excluding steroid dienone is 10. The van der Waals surface area contributed by atoms with Crippen LogP contribution in [-0.4, -0.2) is 28.8 Å². The van der Waals surface area contributed by atoms with Gasteiger partial charge < -0.3 is 14.6 Å². The monoisotopic (exact) mass is 658 g/mol. The van der Waals surface area contributed by atoms with Crippen molar-refractivity contribution in [3.63, 3.8) is 0 Å². The molecule has 5 atom stereocenters. The zero-order valence-corrected chi connectivity index (χ0v) is 28.8. The van der Waals surface area contributed by atoms with E-state index in [1.165, 1.54) is 63.3 Å². The molecule has 50 heavy (non-hydrogen) atoms. The highest BCUT2D eigenvalue weighted by Crippen LogP contribution is 2.44. The molecule has 0 amide bonds. The third kappa shape index (κ3) is 5.21. The second kappa shape index (κ2) is 12.6. The van der Waals surface area contributed by atoms with Gasteiger partial charge in [0.15, 0.2) is 0 Å². The van der Waals surface area contributed by atoms with Gasteiger partial charge in [-0.05, 0) is 122 Å². The molecular formula is C45H46N4O. The lowest BCUT2D eigenvalue weighted by molar-refractivity contribution is 0.268. The van der Waals surface area contributed by atoms with Crippen LogP contribution < -0.4 is 15.4 Å². The van der Waals surface area contributed by atoms with E-state index in [9.17, 15) is 0 Å². The normalized spacial score (nSPS) is 29.2. The van der Waals surface area contributed by atoms with Crippen LogP contribution in [0.25, 0.3) is 17.8 Å². The lowest BCUT2D eigenvalue weighted by atomic mass is 9.84. The van der Waals surface area contributed by atoms with Crippen molar-refractivity contribution < 1.29 is 4.74 Å². The predicted octanol–water partition coefficient (Wildman–Crippen LogP) is 9.26. The molecule has 5 unspecified atom stereocenters. The van der Waals surface area contributed by atoms with E-state index in [0.29, 0.717) is 0 Å². The van der Waals surface area contributed by atoms with E-state index >= 15 is 0 Å². The average molecular weight is 659 g/mol.